The standard InChI is InChI=1S/C12H7BrCl3NO3S/c13-7-1-2-8(17-5-7)6-20-9-3-4-10(21(16,18)19)12(15)11(9)14/h1-5H,6H2. The maximum atomic E-state index is 11.3. The molecule has 9 heteroatoms. The van der Waals surface area contributed by atoms with Crippen molar-refractivity contribution < 1.29 is 13.2 Å². The van der Waals surface area contributed by atoms with Crippen molar-refractivity contribution in [2.75, 3.05) is 0 Å². The molecule has 0 saturated carbocycles. The van der Waals surface area contributed by atoms with Crippen LogP contribution in [-0.2, 0) is 15.7 Å². The Morgan fingerprint density at radius 3 is 2.43 bits per heavy atom. The van der Waals surface area contributed by atoms with Gasteiger partial charge in [-0.05, 0) is 40.2 Å². The normalized spacial score (nSPS) is 11.4. The first kappa shape index (κ1) is 16.8. The Hall–Kier alpha value is -0.530. The van der Waals surface area contributed by atoms with Crippen molar-refractivity contribution in [3.05, 3.63) is 50.7 Å². The van der Waals surface area contributed by atoms with E-state index in [-0.39, 0.29) is 27.3 Å². The molecule has 0 bridgehead atoms. The Kier molecular flexibility index (Phi) is 5.38. The Morgan fingerprint density at radius 2 is 1.86 bits per heavy atom. The molecular weight excluding hydrogens is 424 g/mol. The highest BCUT2D eigenvalue weighted by Crippen LogP contribution is 2.38. The largest absolute Gasteiger partial charge is 0.486 e. The molecule has 0 spiro atoms. The van der Waals surface area contributed by atoms with E-state index in [1.54, 1.807) is 12.3 Å². The topological polar surface area (TPSA) is 56.3 Å². The predicted octanol–water partition coefficient (Wildman–Crippen LogP) is 4.66. The van der Waals surface area contributed by atoms with Crippen LogP contribution in [0.3, 0.4) is 0 Å². The average Bonchev–Trinajstić information content (AvgIpc) is 2.41. The van der Waals surface area contributed by atoms with Gasteiger partial charge >= 0.3 is 0 Å². The fourth-order valence-corrected chi connectivity index (χ4v) is 3.48. The van der Waals surface area contributed by atoms with Crippen molar-refractivity contribution in [1.82, 2.24) is 4.98 Å². The minimum Gasteiger partial charge on any atom is -0.486 e. The molecule has 0 saturated heterocycles. The molecule has 1 aromatic carbocycles. The summed E-state index contributed by atoms with van der Waals surface area (Å²) in [5.41, 5.74) is 0.680. The number of ether oxygens (including phenoxy) is 1. The second kappa shape index (κ2) is 6.71. The first-order chi connectivity index (χ1) is 9.79. The van der Waals surface area contributed by atoms with Crippen LogP contribution in [0.1, 0.15) is 5.69 Å². The summed E-state index contributed by atoms with van der Waals surface area (Å²) in [6.45, 7) is 0.163. The van der Waals surface area contributed by atoms with Gasteiger partial charge in [-0.3, -0.25) is 4.98 Å². The van der Waals surface area contributed by atoms with Gasteiger partial charge in [-0.15, -0.1) is 0 Å². The first-order valence-corrected chi connectivity index (χ1v) is 9.31. The van der Waals surface area contributed by atoms with Gasteiger partial charge in [0.15, 0.2) is 0 Å². The molecule has 2 rings (SSSR count). The summed E-state index contributed by atoms with van der Waals surface area (Å²) in [6, 6.07) is 6.23. The third-order valence-corrected chi connectivity index (χ3v) is 5.25. The second-order valence-corrected chi connectivity index (χ2v) is 8.09. The van der Waals surface area contributed by atoms with Crippen LogP contribution in [0.15, 0.2) is 39.8 Å². The van der Waals surface area contributed by atoms with Gasteiger partial charge < -0.3 is 4.74 Å². The van der Waals surface area contributed by atoms with Crippen LogP contribution in [0.25, 0.3) is 0 Å². The van der Waals surface area contributed by atoms with Crippen LogP contribution in [0.5, 0.6) is 5.75 Å². The van der Waals surface area contributed by atoms with Crippen LogP contribution < -0.4 is 4.74 Å². The molecule has 0 unspecified atom stereocenters. The quantitative estimate of drug-likeness (QED) is 0.661. The van der Waals surface area contributed by atoms with Crippen molar-refractivity contribution in [2.45, 2.75) is 11.5 Å². The summed E-state index contributed by atoms with van der Waals surface area (Å²) in [6.07, 6.45) is 1.64. The number of rotatable bonds is 4. The molecular formula is C12H7BrCl3NO3S. The fraction of sp³-hybridized carbons (Fsp3) is 0.0833. The van der Waals surface area contributed by atoms with E-state index in [1.807, 2.05) is 6.07 Å². The molecule has 112 valence electrons. The number of hydrogen-bond donors (Lipinski definition) is 0. The molecule has 0 aliphatic rings. The lowest BCUT2D eigenvalue weighted by atomic mass is 10.3. The average molecular weight is 432 g/mol. The van der Waals surface area contributed by atoms with Gasteiger partial charge in [-0.25, -0.2) is 8.42 Å². The monoisotopic (exact) mass is 429 g/mol. The number of hydrogen-bond acceptors (Lipinski definition) is 4. The van der Waals surface area contributed by atoms with E-state index in [9.17, 15) is 8.42 Å². The van der Waals surface area contributed by atoms with Gasteiger partial charge in [0.25, 0.3) is 9.05 Å². The lowest BCUT2D eigenvalue weighted by Gasteiger charge is -2.10. The Bertz CT molecular complexity index is 766. The Balaban J connectivity index is 2.22. The van der Waals surface area contributed by atoms with Gasteiger partial charge in [-0.2, -0.15) is 0 Å². The molecule has 0 aliphatic heterocycles. The van der Waals surface area contributed by atoms with E-state index < -0.39 is 9.05 Å². The highest BCUT2D eigenvalue weighted by molar-refractivity contribution is 9.10. The summed E-state index contributed by atoms with van der Waals surface area (Å²) >= 11 is 15.2. The van der Waals surface area contributed by atoms with Crippen molar-refractivity contribution in [3.8, 4) is 5.75 Å². The molecule has 0 atom stereocenters. The fourth-order valence-electron chi connectivity index (χ4n) is 1.46. The molecule has 0 radical (unpaired) electrons. The van der Waals surface area contributed by atoms with Crippen LogP contribution in [-0.4, -0.2) is 13.4 Å². The van der Waals surface area contributed by atoms with E-state index in [0.29, 0.717) is 5.69 Å². The minimum atomic E-state index is -3.96. The van der Waals surface area contributed by atoms with Crippen LogP contribution in [0, 0.1) is 0 Å². The van der Waals surface area contributed by atoms with E-state index >= 15 is 0 Å². The van der Waals surface area contributed by atoms with Crippen LogP contribution >= 0.6 is 49.8 Å². The van der Waals surface area contributed by atoms with Crippen molar-refractivity contribution >= 4 is 58.9 Å². The van der Waals surface area contributed by atoms with Gasteiger partial charge in [0.05, 0.1) is 10.7 Å². The summed E-state index contributed by atoms with van der Waals surface area (Å²) in [5.74, 6) is 0.246. The Morgan fingerprint density at radius 1 is 1.14 bits per heavy atom. The lowest BCUT2D eigenvalue weighted by Crippen LogP contribution is -2.00. The van der Waals surface area contributed by atoms with Crippen molar-refractivity contribution in [1.29, 1.82) is 0 Å². The third kappa shape index (κ3) is 4.23. The molecule has 2 aromatic rings. The van der Waals surface area contributed by atoms with E-state index in [0.717, 1.165) is 4.47 Å². The smallest absolute Gasteiger partial charge is 0.262 e. The predicted molar refractivity (Wildman–Crippen MR) is 85.8 cm³/mol. The number of nitrogens with zero attached hydrogens (tertiary/aromatic N) is 1. The van der Waals surface area contributed by atoms with Gasteiger partial charge in [0.2, 0.25) is 0 Å². The molecule has 1 aromatic heterocycles. The SMILES string of the molecule is O=S(=O)(Cl)c1ccc(OCc2ccc(Br)cn2)c(Cl)c1Cl. The molecule has 0 aliphatic carbocycles. The highest BCUT2D eigenvalue weighted by atomic mass is 79.9. The number of aromatic nitrogens is 1. The number of pyridine rings is 1. The van der Waals surface area contributed by atoms with Crippen molar-refractivity contribution in [2.24, 2.45) is 0 Å². The first-order valence-electron chi connectivity index (χ1n) is 5.45. The summed E-state index contributed by atoms with van der Waals surface area (Å²) in [5, 5.41) is -0.191. The van der Waals surface area contributed by atoms with Crippen LogP contribution in [0.4, 0.5) is 0 Å². The molecule has 1 heterocycles. The minimum absolute atomic E-state index is 0.0181. The third-order valence-electron chi connectivity index (χ3n) is 2.44. The zero-order valence-corrected chi connectivity index (χ0v) is 14.9. The Labute approximate surface area is 144 Å². The summed E-state index contributed by atoms with van der Waals surface area (Å²) in [7, 11) is 1.29. The molecule has 21 heavy (non-hydrogen) atoms. The van der Waals surface area contributed by atoms with Gasteiger partial charge in [0, 0.05) is 21.4 Å². The second-order valence-electron chi connectivity index (χ2n) is 3.88. The van der Waals surface area contributed by atoms with E-state index in [4.69, 9.17) is 38.6 Å². The maximum absolute atomic E-state index is 11.3. The summed E-state index contributed by atoms with van der Waals surface area (Å²) < 4.78 is 28.9. The zero-order chi connectivity index (χ0) is 15.6. The number of halogens is 4. The summed E-state index contributed by atoms with van der Waals surface area (Å²) in [4.78, 5) is 3.88. The van der Waals surface area contributed by atoms with E-state index in [2.05, 4.69) is 20.9 Å². The van der Waals surface area contributed by atoms with Gasteiger partial charge in [-0.1, -0.05) is 23.2 Å². The molecule has 0 fully saturated rings. The molecule has 4 nitrogen and oxygen atoms in total. The van der Waals surface area contributed by atoms with Crippen LogP contribution in [0.2, 0.25) is 10.0 Å². The molecule has 0 amide bonds. The number of benzene rings is 1. The maximum Gasteiger partial charge on any atom is 0.262 e. The highest BCUT2D eigenvalue weighted by Gasteiger charge is 2.19. The zero-order valence-electron chi connectivity index (χ0n) is 10.2. The lowest BCUT2D eigenvalue weighted by molar-refractivity contribution is 0.301. The van der Waals surface area contributed by atoms with E-state index in [1.165, 1.54) is 12.1 Å². The van der Waals surface area contributed by atoms with Crippen molar-refractivity contribution in [3.63, 3.8) is 0 Å². The molecule has 0 N–H and O–H groups in total. The van der Waals surface area contributed by atoms with Gasteiger partial charge in [0.1, 0.15) is 22.3 Å².